The number of nitrogens with one attached hydrogen (secondary N) is 1. The molecule has 0 spiro atoms. The molecule has 3 aromatic rings. The van der Waals surface area contributed by atoms with Gasteiger partial charge in [0.15, 0.2) is 17.3 Å². The fourth-order valence-corrected chi connectivity index (χ4v) is 5.25. The monoisotopic (exact) mass is 574 g/mol. The number of fused-ring (bicyclic) bond motifs is 1. The zero-order valence-corrected chi connectivity index (χ0v) is 23.6. The van der Waals surface area contributed by atoms with E-state index in [1.54, 1.807) is 18.2 Å². The Morgan fingerprint density at radius 3 is 2.52 bits per heavy atom. The van der Waals surface area contributed by atoms with Gasteiger partial charge in [0, 0.05) is 6.42 Å². The van der Waals surface area contributed by atoms with E-state index in [1.165, 1.54) is 16.8 Å². The van der Waals surface area contributed by atoms with Crippen molar-refractivity contribution < 1.29 is 19.0 Å². The second kappa shape index (κ2) is 12.4. The summed E-state index contributed by atoms with van der Waals surface area (Å²) in [5.41, 5.74) is 2.92. The maximum atomic E-state index is 12.9. The number of nitrogens with zero attached hydrogens (tertiary/aromatic N) is 3. The smallest absolute Gasteiger partial charge is 0.283 e. The minimum Gasteiger partial charge on any atom is -0.490 e. The lowest BCUT2D eigenvalue weighted by molar-refractivity contribution is -0.114. The van der Waals surface area contributed by atoms with Crippen LogP contribution in [0.4, 0.5) is 0 Å². The van der Waals surface area contributed by atoms with Gasteiger partial charge in [-0.2, -0.15) is 15.1 Å². The minimum atomic E-state index is -0.512. The van der Waals surface area contributed by atoms with Gasteiger partial charge in [-0.25, -0.2) is 0 Å². The maximum absolute atomic E-state index is 12.9. The fourth-order valence-electron chi connectivity index (χ4n) is 4.05. The number of hydrazone groups is 1. The number of hydrogen-bond acceptors (Lipinski definition) is 7. The first-order valence-corrected chi connectivity index (χ1v) is 13.9. The molecule has 204 valence electrons. The van der Waals surface area contributed by atoms with E-state index in [1.807, 2.05) is 68.4 Å². The van der Waals surface area contributed by atoms with Gasteiger partial charge in [-0.15, -0.1) is 0 Å². The third-order valence-electron chi connectivity index (χ3n) is 5.96. The van der Waals surface area contributed by atoms with Gasteiger partial charge in [0.25, 0.3) is 5.91 Å². The number of ether oxygens (including phenoxy) is 3. The summed E-state index contributed by atoms with van der Waals surface area (Å²) in [6.07, 6.45) is 2.16. The molecule has 0 atom stereocenters. The van der Waals surface area contributed by atoms with Crippen molar-refractivity contribution in [3.63, 3.8) is 0 Å². The summed E-state index contributed by atoms with van der Waals surface area (Å²) in [6, 6.07) is 21.1. The number of benzene rings is 3. The molecule has 0 aromatic heterocycles. The molecule has 8 nitrogen and oxygen atoms in total. The van der Waals surface area contributed by atoms with Crippen molar-refractivity contribution in [3.05, 3.63) is 94.0 Å². The standard InChI is InChI=1S/C30H27ClN4O4S/c1-3-37-25-17-21(16-24(31)27(25)39-14-13-38-22-11-9-19(2)10-12-22)15-23-28(32)35-30(33-29(23)36)40-26(34-35)18-20-7-5-4-6-8-20/h4-12,15-17,32H,3,13-14,18H2,1-2H3. The molecular weight excluding hydrogens is 548 g/mol. The van der Waals surface area contributed by atoms with Crippen molar-refractivity contribution >= 4 is 51.4 Å². The number of halogens is 1. The van der Waals surface area contributed by atoms with E-state index >= 15 is 0 Å². The molecule has 0 bridgehead atoms. The Balaban J connectivity index is 1.31. The SMILES string of the molecule is CCOc1cc(C=C2C(=N)N3N=C(Cc4ccccc4)SC3=NC2=O)cc(Cl)c1OCCOc1ccc(C)cc1. The number of thioether (sulfide) groups is 1. The number of rotatable bonds is 10. The second-order valence-electron chi connectivity index (χ2n) is 8.95. The Bertz CT molecular complexity index is 1520. The largest absolute Gasteiger partial charge is 0.490 e. The van der Waals surface area contributed by atoms with Crippen molar-refractivity contribution in [1.29, 1.82) is 5.41 Å². The van der Waals surface area contributed by atoms with Crippen molar-refractivity contribution in [3.8, 4) is 17.2 Å². The molecule has 2 aliphatic heterocycles. The van der Waals surface area contributed by atoms with Gasteiger partial charge < -0.3 is 14.2 Å². The van der Waals surface area contributed by atoms with E-state index in [-0.39, 0.29) is 18.0 Å². The zero-order chi connectivity index (χ0) is 28.1. The number of aliphatic imine (C=N–C) groups is 1. The quantitative estimate of drug-likeness (QED) is 0.223. The average molecular weight is 575 g/mol. The van der Waals surface area contributed by atoms with Gasteiger partial charge in [-0.05, 0) is 67.1 Å². The average Bonchev–Trinajstić information content (AvgIpc) is 3.34. The Labute approximate surface area is 241 Å². The predicted octanol–water partition coefficient (Wildman–Crippen LogP) is 6.37. The summed E-state index contributed by atoms with van der Waals surface area (Å²) in [7, 11) is 0. The van der Waals surface area contributed by atoms with E-state index in [2.05, 4.69) is 10.1 Å². The molecule has 0 saturated carbocycles. The van der Waals surface area contributed by atoms with Gasteiger partial charge in [0.05, 0.1) is 17.2 Å². The van der Waals surface area contributed by atoms with E-state index < -0.39 is 5.91 Å². The topological polar surface area (TPSA) is 96.6 Å². The van der Waals surface area contributed by atoms with Crippen LogP contribution < -0.4 is 14.2 Å². The molecule has 2 aliphatic rings. The molecule has 10 heteroatoms. The first kappa shape index (κ1) is 27.5. The Morgan fingerprint density at radius 1 is 1.02 bits per heavy atom. The third kappa shape index (κ3) is 6.38. The van der Waals surface area contributed by atoms with Crippen LogP contribution in [0.15, 0.2) is 82.4 Å². The Morgan fingerprint density at radius 2 is 1.77 bits per heavy atom. The molecular formula is C30H27ClN4O4S. The lowest BCUT2D eigenvalue weighted by Crippen LogP contribution is -2.35. The summed E-state index contributed by atoms with van der Waals surface area (Å²) in [5, 5.41) is 16.1. The van der Waals surface area contributed by atoms with Crippen LogP contribution in [-0.4, -0.2) is 46.8 Å². The third-order valence-corrected chi connectivity index (χ3v) is 7.15. The number of carbonyl (C=O) groups is 1. The van der Waals surface area contributed by atoms with Crippen molar-refractivity contribution in [2.75, 3.05) is 19.8 Å². The second-order valence-corrected chi connectivity index (χ2v) is 10.4. The molecule has 0 saturated heterocycles. The predicted molar refractivity (Wildman–Crippen MR) is 160 cm³/mol. The zero-order valence-electron chi connectivity index (χ0n) is 22.0. The summed E-state index contributed by atoms with van der Waals surface area (Å²) in [6.45, 7) is 4.84. The van der Waals surface area contributed by atoms with Crippen LogP contribution in [0, 0.1) is 12.3 Å². The summed E-state index contributed by atoms with van der Waals surface area (Å²) >= 11 is 7.88. The van der Waals surface area contributed by atoms with Gasteiger partial charge in [-0.3, -0.25) is 10.2 Å². The van der Waals surface area contributed by atoms with Crippen LogP contribution in [-0.2, 0) is 11.2 Å². The van der Waals surface area contributed by atoms with E-state index in [0.717, 1.165) is 21.9 Å². The molecule has 0 fully saturated rings. The number of aryl methyl sites for hydroxylation is 1. The van der Waals surface area contributed by atoms with Crippen LogP contribution in [0.5, 0.6) is 17.2 Å². The lowest BCUT2D eigenvalue weighted by Gasteiger charge is -2.20. The molecule has 40 heavy (non-hydrogen) atoms. The highest BCUT2D eigenvalue weighted by Gasteiger charge is 2.35. The molecule has 0 unspecified atom stereocenters. The molecule has 2 heterocycles. The maximum Gasteiger partial charge on any atom is 0.283 e. The highest BCUT2D eigenvalue weighted by atomic mass is 35.5. The molecule has 0 aliphatic carbocycles. The summed E-state index contributed by atoms with van der Waals surface area (Å²) < 4.78 is 17.4. The number of carbonyl (C=O) groups excluding carboxylic acids is 1. The van der Waals surface area contributed by atoms with Gasteiger partial charge in [0.1, 0.15) is 24.0 Å². The lowest BCUT2D eigenvalue weighted by atomic mass is 10.1. The van der Waals surface area contributed by atoms with Gasteiger partial charge >= 0.3 is 0 Å². The molecule has 5 rings (SSSR count). The minimum absolute atomic E-state index is 0.0479. The van der Waals surface area contributed by atoms with E-state index in [0.29, 0.717) is 46.9 Å². The first-order valence-electron chi connectivity index (χ1n) is 12.7. The Hall–Kier alpha value is -4.08. The van der Waals surface area contributed by atoms with Crippen molar-refractivity contribution in [2.45, 2.75) is 20.3 Å². The number of hydrogen-bond donors (Lipinski definition) is 1. The van der Waals surface area contributed by atoms with Gasteiger partial charge in [0.2, 0.25) is 5.17 Å². The molecule has 1 amide bonds. The van der Waals surface area contributed by atoms with Crippen LogP contribution in [0.3, 0.4) is 0 Å². The fraction of sp³-hybridized carbons (Fsp3) is 0.200. The summed E-state index contributed by atoms with van der Waals surface area (Å²) in [4.78, 5) is 17.1. The van der Waals surface area contributed by atoms with Crippen molar-refractivity contribution in [1.82, 2.24) is 5.01 Å². The van der Waals surface area contributed by atoms with Crippen LogP contribution in [0.2, 0.25) is 5.02 Å². The number of amidine groups is 2. The Kier molecular flexibility index (Phi) is 8.52. The van der Waals surface area contributed by atoms with Crippen LogP contribution >= 0.6 is 23.4 Å². The normalized spacial score (nSPS) is 15.6. The van der Waals surface area contributed by atoms with Crippen LogP contribution in [0.1, 0.15) is 23.6 Å². The van der Waals surface area contributed by atoms with Gasteiger partial charge in [-0.1, -0.05) is 59.6 Å². The highest BCUT2D eigenvalue weighted by Crippen LogP contribution is 2.38. The van der Waals surface area contributed by atoms with Crippen LogP contribution in [0.25, 0.3) is 6.08 Å². The first-order chi connectivity index (χ1) is 19.4. The molecule has 3 aromatic carbocycles. The molecule has 1 N–H and O–H groups in total. The van der Waals surface area contributed by atoms with E-state index in [4.69, 9.17) is 31.2 Å². The molecule has 0 radical (unpaired) electrons. The van der Waals surface area contributed by atoms with Crippen molar-refractivity contribution in [2.24, 2.45) is 10.1 Å². The summed E-state index contributed by atoms with van der Waals surface area (Å²) in [5.74, 6) is 1.01. The van der Waals surface area contributed by atoms with E-state index in [9.17, 15) is 4.79 Å². The number of amides is 1. The highest BCUT2D eigenvalue weighted by molar-refractivity contribution is 8.26.